The van der Waals surface area contributed by atoms with E-state index in [9.17, 15) is 0 Å². The van der Waals surface area contributed by atoms with E-state index in [4.69, 9.17) is 28.9 Å². The molecule has 1 aromatic heterocycles. The van der Waals surface area contributed by atoms with E-state index in [2.05, 4.69) is 11.9 Å². The number of nitrogen functional groups attached to an aromatic ring is 1. The number of rotatable bonds is 3. The second kappa shape index (κ2) is 4.85. The zero-order valence-electron chi connectivity index (χ0n) is 8.30. The molecule has 0 aliphatic carbocycles. The van der Waals surface area contributed by atoms with Crippen LogP contribution in [0, 0.1) is 0 Å². The number of anilines is 1. The van der Waals surface area contributed by atoms with Crippen molar-refractivity contribution >= 4 is 29.0 Å². The lowest BCUT2D eigenvalue weighted by Gasteiger charge is -2.14. The highest BCUT2D eigenvalue weighted by molar-refractivity contribution is 6.30. The average Bonchev–Trinajstić information content (AvgIpc) is 2.08. The highest BCUT2D eigenvalue weighted by Crippen LogP contribution is 2.28. The van der Waals surface area contributed by atoms with Crippen LogP contribution in [0.15, 0.2) is 12.3 Å². The number of aromatic nitrogens is 1. The molecule has 0 radical (unpaired) electrons. The summed E-state index contributed by atoms with van der Waals surface area (Å²) in [6.07, 6.45) is 2.42. The maximum absolute atomic E-state index is 5.92. The third kappa shape index (κ3) is 3.03. The van der Waals surface area contributed by atoms with Gasteiger partial charge in [0.1, 0.15) is 5.82 Å². The maximum atomic E-state index is 5.92. The number of hydrogen-bond donors (Lipinski definition) is 1. The van der Waals surface area contributed by atoms with Gasteiger partial charge in [-0.2, -0.15) is 0 Å². The monoisotopic (exact) mass is 232 g/mol. The molecule has 0 saturated carbocycles. The smallest absolute Gasteiger partial charge is 0.126 e. The van der Waals surface area contributed by atoms with Crippen LogP contribution >= 0.6 is 23.2 Å². The summed E-state index contributed by atoms with van der Waals surface area (Å²) in [7, 11) is 0. The van der Waals surface area contributed by atoms with Gasteiger partial charge in [-0.05, 0) is 30.9 Å². The summed E-state index contributed by atoms with van der Waals surface area (Å²) in [6.45, 7) is 4.04. The first-order valence-electron chi connectivity index (χ1n) is 4.55. The van der Waals surface area contributed by atoms with Crippen molar-refractivity contribution in [2.75, 3.05) is 5.73 Å². The summed E-state index contributed by atoms with van der Waals surface area (Å²) in [5.74, 6) is 0.827. The SMILES string of the molecule is CC(Cl)CC(C)c1cc(Cl)cnc1N. The maximum Gasteiger partial charge on any atom is 0.126 e. The van der Waals surface area contributed by atoms with Gasteiger partial charge in [0.25, 0.3) is 0 Å². The second-order valence-electron chi connectivity index (χ2n) is 3.55. The van der Waals surface area contributed by atoms with E-state index in [0.29, 0.717) is 10.8 Å². The van der Waals surface area contributed by atoms with Crippen molar-refractivity contribution in [2.45, 2.75) is 31.6 Å². The number of nitrogens with zero attached hydrogens (tertiary/aromatic N) is 1. The van der Waals surface area contributed by atoms with E-state index in [1.54, 1.807) is 6.20 Å². The van der Waals surface area contributed by atoms with Gasteiger partial charge in [-0.25, -0.2) is 4.98 Å². The highest BCUT2D eigenvalue weighted by atomic mass is 35.5. The van der Waals surface area contributed by atoms with Crippen LogP contribution in [0.1, 0.15) is 31.7 Å². The van der Waals surface area contributed by atoms with Gasteiger partial charge in [-0.3, -0.25) is 0 Å². The van der Waals surface area contributed by atoms with Crippen molar-refractivity contribution in [3.8, 4) is 0 Å². The summed E-state index contributed by atoms with van der Waals surface area (Å²) in [5.41, 5.74) is 6.73. The summed E-state index contributed by atoms with van der Waals surface area (Å²) in [6, 6.07) is 1.85. The zero-order chi connectivity index (χ0) is 10.7. The van der Waals surface area contributed by atoms with Crippen LogP contribution in [-0.4, -0.2) is 10.4 Å². The number of pyridine rings is 1. The third-order valence-corrected chi connectivity index (χ3v) is 2.51. The average molecular weight is 233 g/mol. The Morgan fingerprint density at radius 1 is 1.50 bits per heavy atom. The largest absolute Gasteiger partial charge is 0.383 e. The molecule has 78 valence electrons. The molecule has 0 saturated heterocycles. The van der Waals surface area contributed by atoms with Crippen molar-refractivity contribution in [3.05, 3.63) is 22.8 Å². The fraction of sp³-hybridized carbons (Fsp3) is 0.500. The predicted octanol–water partition coefficient (Wildman–Crippen LogP) is 3.44. The number of alkyl halides is 1. The van der Waals surface area contributed by atoms with E-state index in [1.165, 1.54) is 0 Å². The van der Waals surface area contributed by atoms with Crippen LogP contribution < -0.4 is 5.73 Å². The first kappa shape index (κ1) is 11.6. The van der Waals surface area contributed by atoms with Gasteiger partial charge in [-0.15, -0.1) is 11.6 Å². The minimum Gasteiger partial charge on any atom is -0.383 e. The quantitative estimate of drug-likeness (QED) is 0.812. The molecule has 0 amide bonds. The lowest BCUT2D eigenvalue weighted by molar-refractivity contribution is 0.670. The fourth-order valence-corrected chi connectivity index (χ4v) is 1.91. The molecule has 2 N–H and O–H groups in total. The molecule has 0 fully saturated rings. The Labute approximate surface area is 94.4 Å². The van der Waals surface area contributed by atoms with Crippen LogP contribution in [0.4, 0.5) is 5.82 Å². The van der Waals surface area contributed by atoms with E-state index >= 15 is 0 Å². The van der Waals surface area contributed by atoms with Crippen LogP contribution in [-0.2, 0) is 0 Å². The van der Waals surface area contributed by atoms with Crippen LogP contribution in [0.5, 0.6) is 0 Å². The van der Waals surface area contributed by atoms with Gasteiger partial charge in [0, 0.05) is 11.6 Å². The summed E-state index contributed by atoms with van der Waals surface area (Å²) >= 11 is 11.8. The van der Waals surface area contributed by atoms with Gasteiger partial charge in [0.2, 0.25) is 0 Å². The van der Waals surface area contributed by atoms with Gasteiger partial charge in [-0.1, -0.05) is 18.5 Å². The standard InChI is InChI=1S/C10H14Cl2N2/c1-6(3-7(2)11)9-4-8(12)5-14-10(9)13/h4-7H,3H2,1-2H3,(H2,13,14). The zero-order valence-corrected chi connectivity index (χ0v) is 9.81. The Kier molecular flexibility index (Phi) is 4.02. The van der Waals surface area contributed by atoms with Gasteiger partial charge in [0.05, 0.1) is 5.02 Å². The molecule has 2 atom stereocenters. The molecule has 0 aliphatic rings. The lowest BCUT2D eigenvalue weighted by Crippen LogP contribution is -2.05. The van der Waals surface area contributed by atoms with Crippen molar-refractivity contribution in [2.24, 2.45) is 0 Å². The fourth-order valence-electron chi connectivity index (χ4n) is 1.47. The Balaban J connectivity index is 2.88. The molecule has 2 unspecified atom stereocenters. The topological polar surface area (TPSA) is 38.9 Å². The molecule has 2 nitrogen and oxygen atoms in total. The molecule has 1 aromatic rings. The molecule has 1 rings (SSSR count). The van der Waals surface area contributed by atoms with Crippen molar-refractivity contribution in [1.29, 1.82) is 0 Å². The molecule has 1 heterocycles. The van der Waals surface area contributed by atoms with Crippen LogP contribution in [0.25, 0.3) is 0 Å². The van der Waals surface area contributed by atoms with Crippen molar-refractivity contribution < 1.29 is 0 Å². The van der Waals surface area contributed by atoms with Crippen LogP contribution in [0.3, 0.4) is 0 Å². The number of hydrogen-bond acceptors (Lipinski definition) is 2. The molecule has 4 heteroatoms. The Morgan fingerprint density at radius 3 is 2.71 bits per heavy atom. The number of nitrogens with two attached hydrogens (primary N) is 1. The minimum atomic E-state index is 0.128. The highest BCUT2D eigenvalue weighted by Gasteiger charge is 2.12. The summed E-state index contributed by atoms with van der Waals surface area (Å²) < 4.78 is 0. The normalized spacial score (nSPS) is 15.1. The molecular weight excluding hydrogens is 219 g/mol. The van der Waals surface area contributed by atoms with Gasteiger partial charge in [0.15, 0.2) is 0 Å². The molecule has 0 bridgehead atoms. The summed E-state index contributed by atoms with van der Waals surface area (Å²) in [4.78, 5) is 4.01. The molecular formula is C10H14Cl2N2. The Morgan fingerprint density at radius 2 is 2.14 bits per heavy atom. The lowest BCUT2D eigenvalue weighted by atomic mass is 9.97. The van der Waals surface area contributed by atoms with Gasteiger partial charge >= 0.3 is 0 Å². The molecule has 14 heavy (non-hydrogen) atoms. The van der Waals surface area contributed by atoms with Crippen molar-refractivity contribution in [1.82, 2.24) is 4.98 Å². The molecule has 0 aliphatic heterocycles. The van der Waals surface area contributed by atoms with E-state index < -0.39 is 0 Å². The van der Waals surface area contributed by atoms with Crippen LogP contribution in [0.2, 0.25) is 5.02 Å². The third-order valence-electron chi connectivity index (χ3n) is 2.13. The summed E-state index contributed by atoms with van der Waals surface area (Å²) in [5, 5.41) is 0.742. The predicted molar refractivity (Wildman–Crippen MR) is 62.0 cm³/mol. The first-order valence-corrected chi connectivity index (χ1v) is 5.37. The van der Waals surface area contributed by atoms with E-state index in [1.807, 2.05) is 13.0 Å². The number of halogens is 2. The molecule has 0 aromatic carbocycles. The Hall–Kier alpha value is -0.470. The molecule has 0 spiro atoms. The van der Waals surface area contributed by atoms with Gasteiger partial charge < -0.3 is 5.73 Å². The second-order valence-corrected chi connectivity index (χ2v) is 4.73. The minimum absolute atomic E-state index is 0.128. The van der Waals surface area contributed by atoms with E-state index in [-0.39, 0.29) is 11.3 Å². The van der Waals surface area contributed by atoms with E-state index in [0.717, 1.165) is 12.0 Å². The van der Waals surface area contributed by atoms with Crippen molar-refractivity contribution in [3.63, 3.8) is 0 Å². The Bertz CT molecular complexity index is 313. The first-order chi connectivity index (χ1) is 6.50.